The van der Waals surface area contributed by atoms with Crippen molar-refractivity contribution in [3.8, 4) is 0 Å². The monoisotopic (exact) mass is 232 g/mol. The summed E-state index contributed by atoms with van der Waals surface area (Å²) in [4.78, 5) is 11.8. The molecule has 1 fully saturated rings. The molecule has 0 amide bonds. The van der Waals surface area contributed by atoms with Crippen molar-refractivity contribution in [2.75, 3.05) is 30.4 Å². The lowest BCUT2D eigenvalue weighted by Crippen LogP contribution is -2.23. The van der Waals surface area contributed by atoms with Gasteiger partial charge < -0.3 is 10.2 Å². The van der Waals surface area contributed by atoms with Gasteiger partial charge in [0, 0.05) is 25.7 Å². The van der Waals surface area contributed by atoms with Crippen molar-refractivity contribution >= 4 is 11.8 Å². The van der Waals surface area contributed by atoms with Crippen LogP contribution >= 0.6 is 0 Å². The van der Waals surface area contributed by atoms with Crippen LogP contribution in [0.4, 0.5) is 11.8 Å². The van der Waals surface area contributed by atoms with Crippen LogP contribution in [-0.2, 0) is 12.8 Å². The molecule has 0 aromatic carbocycles. The number of aromatic nitrogens is 2. The number of nitrogens with zero attached hydrogens (tertiary/aromatic N) is 3. The molecule has 0 bridgehead atoms. The Kier molecular flexibility index (Phi) is 2.87. The summed E-state index contributed by atoms with van der Waals surface area (Å²) in [6.07, 6.45) is 7.34. The fourth-order valence-corrected chi connectivity index (χ4v) is 2.85. The Balaban J connectivity index is 1.99. The molecule has 0 saturated carbocycles. The topological polar surface area (TPSA) is 41.1 Å². The van der Waals surface area contributed by atoms with Crippen molar-refractivity contribution in [3.05, 3.63) is 11.3 Å². The van der Waals surface area contributed by atoms with Crippen LogP contribution in [0.1, 0.15) is 36.9 Å². The second kappa shape index (κ2) is 4.51. The molecule has 3 rings (SSSR count). The highest BCUT2D eigenvalue weighted by molar-refractivity contribution is 5.52. The summed E-state index contributed by atoms with van der Waals surface area (Å²) in [6.45, 7) is 2.23. The van der Waals surface area contributed by atoms with Crippen LogP contribution < -0.4 is 10.2 Å². The van der Waals surface area contributed by atoms with Crippen molar-refractivity contribution in [2.24, 2.45) is 0 Å². The minimum Gasteiger partial charge on any atom is -0.373 e. The first-order valence-electron chi connectivity index (χ1n) is 6.71. The molecular weight excluding hydrogens is 212 g/mol. The van der Waals surface area contributed by atoms with Gasteiger partial charge >= 0.3 is 0 Å². The summed E-state index contributed by atoms with van der Waals surface area (Å²) < 4.78 is 0. The second-order valence-corrected chi connectivity index (χ2v) is 4.95. The fraction of sp³-hybridized carbons (Fsp3) is 0.692. The molecule has 0 unspecified atom stereocenters. The molecule has 2 heterocycles. The van der Waals surface area contributed by atoms with Gasteiger partial charge in [-0.3, -0.25) is 0 Å². The van der Waals surface area contributed by atoms with Gasteiger partial charge in [-0.1, -0.05) is 0 Å². The van der Waals surface area contributed by atoms with Crippen molar-refractivity contribution in [1.82, 2.24) is 9.97 Å². The molecule has 0 spiro atoms. The van der Waals surface area contributed by atoms with Crippen molar-refractivity contribution in [3.63, 3.8) is 0 Å². The number of rotatable bonds is 2. The summed E-state index contributed by atoms with van der Waals surface area (Å²) in [5, 5.41) is 3.24. The minimum atomic E-state index is 0.938. The first kappa shape index (κ1) is 10.8. The Morgan fingerprint density at radius 2 is 1.76 bits per heavy atom. The molecule has 2 aliphatic rings. The Morgan fingerprint density at radius 1 is 1.00 bits per heavy atom. The zero-order chi connectivity index (χ0) is 11.7. The quantitative estimate of drug-likeness (QED) is 0.846. The third kappa shape index (κ3) is 1.96. The number of aryl methyl sites for hydroxylation is 1. The lowest BCUT2D eigenvalue weighted by atomic mass is 9.96. The molecule has 1 aliphatic heterocycles. The molecule has 1 N–H and O–H groups in total. The van der Waals surface area contributed by atoms with Gasteiger partial charge in [0.1, 0.15) is 5.82 Å². The van der Waals surface area contributed by atoms with Crippen molar-refractivity contribution in [1.29, 1.82) is 0 Å². The van der Waals surface area contributed by atoms with Gasteiger partial charge in [-0.15, -0.1) is 0 Å². The van der Waals surface area contributed by atoms with Gasteiger partial charge in [0.25, 0.3) is 0 Å². The van der Waals surface area contributed by atoms with Crippen molar-refractivity contribution < 1.29 is 0 Å². The van der Waals surface area contributed by atoms with E-state index in [2.05, 4.69) is 10.2 Å². The smallest absolute Gasteiger partial charge is 0.227 e. The van der Waals surface area contributed by atoms with E-state index in [-0.39, 0.29) is 0 Å². The van der Waals surface area contributed by atoms with E-state index in [0.29, 0.717) is 0 Å². The van der Waals surface area contributed by atoms with E-state index in [9.17, 15) is 0 Å². The molecule has 4 heteroatoms. The van der Waals surface area contributed by atoms with E-state index in [1.54, 1.807) is 0 Å². The Bertz CT molecular complexity index is 393. The van der Waals surface area contributed by atoms with Gasteiger partial charge in [0.15, 0.2) is 0 Å². The first-order valence-corrected chi connectivity index (χ1v) is 6.71. The van der Waals surface area contributed by atoms with Gasteiger partial charge in [-0.05, 0) is 38.5 Å². The Morgan fingerprint density at radius 3 is 2.53 bits per heavy atom. The van der Waals surface area contributed by atoms with Crippen LogP contribution in [0.5, 0.6) is 0 Å². The van der Waals surface area contributed by atoms with Gasteiger partial charge in [-0.2, -0.15) is 4.98 Å². The van der Waals surface area contributed by atoms with E-state index in [4.69, 9.17) is 9.97 Å². The summed E-state index contributed by atoms with van der Waals surface area (Å²) in [6, 6.07) is 0. The zero-order valence-corrected chi connectivity index (χ0v) is 10.5. The molecule has 0 radical (unpaired) electrons. The van der Waals surface area contributed by atoms with Crippen LogP contribution in [0.2, 0.25) is 0 Å². The van der Waals surface area contributed by atoms with Crippen LogP contribution in [0.15, 0.2) is 0 Å². The predicted octanol–water partition coefficient (Wildman–Crippen LogP) is 2.00. The molecule has 17 heavy (non-hydrogen) atoms. The molecule has 4 nitrogen and oxygen atoms in total. The normalized spacial score (nSPS) is 19.2. The second-order valence-electron chi connectivity index (χ2n) is 4.95. The van der Waals surface area contributed by atoms with Crippen LogP contribution in [0.3, 0.4) is 0 Å². The lowest BCUT2D eigenvalue weighted by molar-refractivity contribution is 0.661. The fourth-order valence-electron chi connectivity index (χ4n) is 2.85. The minimum absolute atomic E-state index is 0.938. The predicted molar refractivity (Wildman–Crippen MR) is 69.7 cm³/mol. The highest BCUT2D eigenvalue weighted by Crippen LogP contribution is 2.28. The average Bonchev–Trinajstić information content (AvgIpc) is 2.91. The van der Waals surface area contributed by atoms with E-state index in [1.165, 1.54) is 36.9 Å². The van der Waals surface area contributed by atoms with Crippen LogP contribution in [-0.4, -0.2) is 30.1 Å². The summed E-state index contributed by atoms with van der Waals surface area (Å²) in [5.74, 6) is 1.99. The Hall–Kier alpha value is -1.32. The van der Waals surface area contributed by atoms with E-state index in [0.717, 1.165) is 37.7 Å². The molecule has 1 saturated heterocycles. The molecule has 1 aliphatic carbocycles. The number of anilines is 2. The maximum Gasteiger partial charge on any atom is 0.227 e. The number of nitrogens with one attached hydrogen (secondary N) is 1. The first-order chi connectivity index (χ1) is 8.38. The summed E-state index contributed by atoms with van der Waals surface area (Å²) in [5.41, 5.74) is 2.62. The average molecular weight is 232 g/mol. The maximum atomic E-state index is 4.78. The molecule has 1 aromatic heterocycles. The Labute approximate surface area is 102 Å². The van der Waals surface area contributed by atoms with Crippen molar-refractivity contribution in [2.45, 2.75) is 38.5 Å². The van der Waals surface area contributed by atoms with E-state index >= 15 is 0 Å². The number of hydrogen-bond acceptors (Lipinski definition) is 4. The molecule has 1 aromatic rings. The standard InChI is InChI=1S/C13H20N4/c1-14-12-10-6-2-3-7-11(10)15-13(16-12)17-8-4-5-9-17/h2-9H2,1H3,(H,14,15,16). The molecule has 92 valence electrons. The third-order valence-corrected chi connectivity index (χ3v) is 3.80. The molecular formula is C13H20N4. The number of fused-ring (bicyclic) bond motifs is 1. The highest BCUT2D eigenvalue weighted by Gasteiger charge is 2.21. The third-order valence-electron chi connectivity index (χ3n) is 3.80. The summed E-state index contributed by atoms with van der Waals surface area (Å²) >= 11 is 0. The maximum absolute atomic E-state index is 4.78. The van der Waals surface area contributed by atoms with Gasteiger partial charge in [0.05, 0.1) is 5.69 Å². The van der Waals surface area contributed by atoms with Gasteiger partial charge in [-0.25, -0.2) is 4.98 Å². The molecule has 0 atom stereocenters. The van der Waals surface area contributed by atoms with Crippen LogP contribution in [0, 0.1) is 0 Å². The SMILES string of the molecule is CNc1nc(N2CCCC2)nc2c1CCCC2. The zero-order valence-electron chi connectivity index (χ0n) is 10.5. The van der Waals surface area contributed by atoms with E-state index < -0.39 is 0 Å². The van der Waals surface area contributed by atoms with E-state index in [1.807, 2.05) is 7.05 Å². The van der Waals surface area contributed by atoms with Crippen LogP contribution in [0.25, 0.3) is 0 Å². The largest absolute Gasteiger partial charge is 0.373 e. The van der Waals surface area contributed by atoms with Gasteiger partial charge in [0.2, 0.25) is 5.95 Å². The highest BCUT2D eigenvalue weighted by atomic mass is 15.3. The number of hydrogen-bond donors (Lipinski definition) is 1. The lowest BCUT2D eigenvalue weighted by Gasteiger charge is -2.22. The summed E-state index contributed by atoms with van der Waals surface area (Å²) in [7, 11) is 1.96.